The third-order valence-corrected chi connectivity index (χ3v) is 0. The van der Waals surface area contributed by atoms with Crippen molar-refractivity contribution in [3.8, 4) is 0 Å². The van der Waals surface area contributed by atoms with E-state index in [-0.39, 0.29) is 2060 Å². The Hall–Kier alpha value is 69.5. The molecule has 0 fully saturated rings. The predicted octanol–water partition coefficient (Wildman–Crippen LogP) is -0.158. The molecule has 0 aromatic carbocycles. The third-order valence-electron chi connectivity index (χ3n) is 0. The fourth-order valence-corrected chi connectivity index (χ4v) is 0. The Morgan fingerprint density at radius 2 is 0.0159 bits per heavy atom. The van der Waals surface area contributed by atoms with Gasteiger partial charge >= 0.3 is 0 Å². The molecule has 0 aliphatic rings. The van der Waals surface area contributed by atoms with Crippen molar-refractivity contribution in [1.29, 1.82) is 0 Å². The molecule has 0 atom stereocenters. The summed E-state index contributed by atoms with van der Waals surface area (Å²) in [6.45, 7) is 0. The van der Waals surface area contributed by atoms with E-state index in [1.807, 2.05) is 0 Å². The summed E-state index contributed by atoms with van der Waals surface area (Å²) in [4.78, 5) is 0. The van der Waals surface area contributed by atoms with Crippen molar-refractivity contribution in [2.75, 3.05) is 0 Å². The SMILES string of the molecule is [Y].[Y].[Y].[Y].[Y].[Y].[Y].[Y].[Y].[Y].[Y].[Y].[Y].[Y].[Y].[Y].[Y].[Y].[Y].[Y].[Y].[Y].[Y].[Y].[Y].[Y].[Y].[Y].[Y].[Y].[Y].[Y].[Y].[Y].[Y].[Y].[Y].[Y].[Y].[Y].[Y].[Y].[Y].[Y].[Y].[Y].[Y].[Y].[Y].[Y].[Y].[Y].[Y].[Y].[Y].[Y].[Y].[Y].[Y].[Y].[Y].[Y].[Y]. The molecular weight excluding hydrogens is 5600 g/mol. The molecule has 0 saturated heterocycles. The molecule has 63 heteroatoms. The molecule has 0 amide bonds. The van der Waals surface area contributed by atoms with Crippen molar-refractivity contribution in [1.82, 2.24) is 0 Å². The van der Waals surface area contributed by atoms with Crippen LogP contribution in [0.1, 0.15) is 0 Å². The number of rotatable bonds is 0. The van der Waals surface area contributed by atoms with E-state index in [9.17, 15) is 0 Å². The van der Waals surface area contributed by atoms with Gasteiger partial charge in [0.05, 0.1) is 0 Å². The van der Waals surface area contributed by atoms with Crippen LogP contribution >= 0.6 is 0 Å². The first-order valence-electron chi connectivity index (χ1n) is 0. The first kappa shape index (κ1) is 474. The Bertz CT molecular complexity index is 0. The molecule has 0 aliphatic carbocycles. The Labute approximate surface area is 1980 Å². The molecule has 0 nitrogen and oxygen atoms in total. The predicted molar refractivity (Wildman–Crippen MR) is 0 cm³/mol. The van der Waals surface area contributed by atoms with Gasteiger partial charge in [0.25, 0.3) is 0 Å². The quantitative estimate of drug-likeness (QED) is 0.317. The smallest absolute Gasteiger partial charge is 0 e. The van der Waals surface area contributed by atoms with Gasteiger partial charge < -0.3 is 0 Å². The Morgan fingerprint density at radius 1 is 0.0159 bits per heavy atom. The molecular formula is Y63. The summed E-state index contributed by atoms with van der Waals surface area (Å²) in [5.41, 5.74) is 0. The van der Waals surface area contributed by atoms with E-state index in [0.29, 0.717) is 0 Å². The average molecular weight is 5600 g/mol. The second-order valence-electron chi connectivity index (χ2n) is 0. The van der Waals surface area contributed by atoms with Crippen molar-refractivity contribution in [3.05, 3.63) is 0 Å². The van der Waals surface area contributed by atoms with Gasteiger partial charge in [-0.25, -0.2) is 0 Å². The fraction of sp³-hybridized carbons (Fsp3) is 0. The molecule has 0 bridgehead atoms. The third kappa shape index (κ3) is 456. The number of hydrogen-bond acceptors (Lipinski definition) is 0. The van der Waals surface area contributed by atoms with E-state index in [0.717, 1.165) is 0 Å². The molecule has 0 aromatic rings. The molecule has 0 aliphatic heterocycles. The molecule has 0 spiro atoms. The maximum Gasteiger partial charge on any atom is 0 e. The van der Waals surface area contributed by atoms with Crippen LogP contribution in [0.25, 0.3) is 0 Å². The summed E-state index contributed by atoms with van der Waals surface area (Å²) in [6, 6.07) is 0. The van der Waals surface area contributed by atoms with Gasteiger partial charge in [-0.1, -0.05) is 0 Å². The van der Waals surface area contributed by atoms with E-state index in [2.05, 4.69) is 0 Å². The van der Waals surface area contributed by atoms with Crippen LogP contribution in [-0.2, 0) is 2060 Å². The van der Waals surface area contributed by atoms with E-state index in [4.69, 9.17) is 0 Å². The zero-order chi connectivity index (χ0) is 0. The van der Waals surface area contributed by atoms with Crippen LogP contribution in [0.5, 0.6) is 0 Å². The van der Waals surface area contributed by atoms with Crippen molar-refractivity contribution in [2.24, 2.45) is 0 Å². The van der Waals surface area contributed by atoms with Gasteiger partial charge in [0.2, 0.25) is 0 Å². The first-order chi connectivity index (χ1) is 0. The van der Waals surface area contributed by atoms with E-state index in [1.165, 1.54) is 0 Å². The second kappa shape index (κ2) is 464. The largest absolute Gasteiger partial charge is 0 e. The minimum Gasteiger partial charge on any atom is 0 e. The van der Waals surface area contributed by atoms with Crippen LogP contribution in [0.15, 0.2) is 0 Å². The van der Waals surface area contributed by atoms with E-state index >= 15 is 0 Å². The van der Waals surface area contributed by atoms with Gasteiger partial charge in [-0.05, 0) is 0 Å². The summed E-state index contributed by atoms with van der Waals surface area (Å²) < 4.78 is 0. The van der Waals surface area contributed by atoms with Crippen LogP contribution < -0.4 is 0 Å². The van der Waals surface area contributed by atoms with Gasteiger partial charge in [-0.15, -0.1) is 0 Å². The molecule has 0 unspecified atom stereocenters. The monoisotopic (exact) mass is 5600 g/mol. The Kier molecular flexibility index (Phi) is 3490. The molecule has 63 radical (unpaired) electrons. The fourth-order valence-electron chi connectivity index (χ4n) is 0. The standard InChI is InChI=1S/63Y. The van der Waals surface area contributed by atoms with Gasteiger partial charge in [0.15, 0.2) is 0 Å². The second-order valence-corrected chi connectivity index (χ2v) is 0. The van der Waals surface area contributed by atoms with Crippen molar-refractivity contribution in [2.45, 2.75) is 0 Å². The molecule has 0 heterocycles. The van der Waals surface area contributed by atoms with Crippen LogP contribution in [-0.4, -0.2) is 0 Å². The summed E-state index contributed by atoms with van der Waals surface area (Å²) in [6.07, 6.45) is 0. The van der Waals surface area contributed by atoms with Crippen LogP contribution in [0, 0.1) is 0 Å². The first-order valence-corrected chi connectivity index (χ1v) is 0. The molecule has 63 heavy (non-hydrogen) atoms. The minimum absolute atomic E-state index is 0. The van der Waals surface area contributed by atoms with Gasteiger partial charge in [0, 0.05) is 2060 Å². The maximum absolute atomic E-state index is 0. The van der Waals surface area contributed by atoms with Crippen LogP contribution in [0.4, 0.5) is 0 Å². The maximum atomic E-state index is 0. The van der Waals surface area contributed by atoms with Crippen LogP contribution in [0.3, 0.4) is 0 Å². The van der Waals surface area contributed by atoms with Gasteiger partial charge in [0.1, 0.15) is 0 Å². The topological polar surface area (TPSA) is 0 Å². The summed E-state index contributed by atoms with van der Waals surface area (Å²) >= 11 is 0. The van der Waals surface area contributed by atoms with Gasteiger partial charge in [-0.3, -0.25) is 0 Å². The minimum atomic E-state index is 0. The van der Waals surface area contributed by atoms with E-state index < -0.39 is 0 Å². The number of hydrogen-bond donors (Lipinski definition) is 0. The molecule has 0 saturated carbocycles. The molecule has 0 aromatic heterocycles. The van der Waals surface area contributed by atoms with Crippen molar-refractivity contribution >= 4 is 0 Å². The van der Waals surface area contributed by atoms with Crippen molar-refractivity contribution in [3.63, 3.8) is 0 Å². The summed E-state index contributed by atoms with van der Waals surface area (Å²) in [5.74, 6) is 0. The molecule has 189 valence electrons. The normalized spacial score (nSPS) is 0. The summed E-state index contributed by atoms with van der Waals surface area (Å²) in [5, 5.41) is 0. The van der Waals surface area contributed by atoms with Gasteiger partial charge in [-0.2, -0.15) is 0 Å². The van der Waals surface area contributed by atoms with E-state index in [1.54, 1.807) is 0 Å². The van der Waals surface area contributed by atoms with Crippen molar-refractivity contribution < 1.29 is 2060 Å². The zero-order valence-electron chi connectivity index (χ0n) is 36.4. The van der Waals surface area contributed by atoms with Crippen LogP contribution in [0.2, 0.25) is 0 Å². The molecule has 0 N–H and O–H groups in total. The zero-order valence-corrected chi connectivity index (χ0v) is 215. The summed E-state index contributed by atoms with van der Waals surface area (Å²) in [7, 11) is 0. The Balaban J connectivity index is 0. The Morgan fingerprint density at radius 3 is 0.0159 bits per heavy atom. The average Bonchev–Trinajstić information content (AvgIpc) is 0. The molecule has 0 rings (SSSR count).